The van der Waals surface area contributed by atoms with E-state index >= 15 is 0 Å². The van der Waals surface area contributed by atoms with Crippen LogP contribution in [0.4, 0.5) is 0 Å². The van der Waals surface area contributed by atoms with Gasteiger partial charge in [0.2, 0.25) is 5.76 Å². The Morgan fingerprint density at radius 2 is 1.71 bits per heavy atom. The molecule has 5 rings (SSSR count). The van der Waals surface area contributed by atoms with Gasteiger partial charge in [0.1, 0.15) is 11.3 Å². The number of methoxy groups -OCH3 is 2. The summed E-state index contributed by atoms with van der Waals surface area (Å²) < 4.78 is 23.1. The van der Waals surface area contributed by atoms with Crippen LogP contribution in [0.1, 0.15) is 71.5 Å². The van der Waals surface area contributed by atoms with Crippen LogP contribution in [0.5, 0.6) is 17.2 Å². The molecule has 1 aliphatic heterocycles. The molecule has 42 heavy (non-hydrogen) atoms. The smallest absolute Gasteiger partial charge is 0.290 e. The van der Waals surface area contributed by atoms with E-state index < -0.39 is 6.04 Å². The van der Waals surface area contributed by atoms with Crippen LogP contribution in [0.3, 0.4) is 0 Å². The number of nitrogens with zero attached hydrogens (tertiary/aromatic N) is 1. The lowest BCUT2D eigenvalue weighted by molar-refractivity contribution is 0.0730. The minimum absolute atomic E-state index is 0.0594. The van der Waals surface area contributed by atoms with Gasteiger partial charge in [0.15, 0.2) is 16.9 Å². The first kappa shape index (κ1) is 29.5. The highest BCUT2D eigenvalue weighted by atomic mass is 35.5. The molecule has 4 aromatic rings. The van der Waals surface area contributed by atoms with E-state index in [1.54, 1.807) is 31.3 Å². The molecule has 220 valence electrons. The first-order chi connectivity index (χ1) is 20.4. The molecule has 2 heterocycles. The first-order valence-corrected chi connectivity index (χ1v) is 14.8. The molecule has 1 unspecified atom stereocenters. The maximum absolute atomic E-state index is 14.0. The van der Waals surface area contributed by atoms with Gasteiger partial charge in [0.25, 0.3) is 5.91 Å². The summed E-state index contributed by atoms with van der Waals surface area (Å²) in [5.41, 5.74) is 2.91. The number of amides is 1. The molecular weight excluding hydrogens is 554 g/mol. The van der Waals surface area contributed by atoms with Crippen molar-refractivity contribution in [3.63, 3.8) is 0 Å². The third-order valence-corrected chi connectivity index (χ3v) is 8.21. The highest BCUT2D eigenvalue weighted by Gasteiger charge is 2.42. The van der Waals surface area contributed by atoms with Crippen LogP contribution in [0.15, 0.2) is 63.8 Å². The molecular formula is C34H36ClNO6. The van der Waals surface area contributed by atoms with E-state index in [1.165, 1.54) is 6.42 Å². The Balaban J connectivity index is 1.54. The Bertz CT molecular complexity index is 1650. The predicted octanol–water partition coefficient (Wildman–Crippen LogP) is 7.52. The van der Waals surface area contributed by atoms with Crippen LogP contribution in [-0.2, 0) is 6.42 Å². The zero-order valence-electron chi connectivity index (χ0n) is 24.5. The number of aryl methyl sites for hydroxylation is 1. The summed E-state index contributed by atoms with van der Waals surface area (Å²) in [6.45, 7) is 4.96. The fourth-order valence-corrected chi connectivity index (χ4v) is 5.61. The van der Waals surface area contributed by atoms with E-state index in [1.807, 2.05) is 49.4 Å². The molecule has 0 saturated carbocycles. The number of hydrogen-bond acceptors (Lipinski definition) is 6. The zero-order valence-corrected chi connectivity index (χ0v) is 25.3. The number of ether oxygens (including phenoxy) is 3. The lowest BCUT2D eigenvalue weighted by Crippen LogP contribution is -2.31. The number of rotatable bonds is 12. The third-order valence-electron chi connectivity index (χ3n) is 7.81. The summed E-state index contributed by atoms with van der Waals surface area (Å²) >= 11 is 6.39. The van der Waals surface area contributed by atoms with Crippen molar-refractivity contribution in [2.24, 2.45) is 0 Å². The van der Waals surface area contributed by atoms with Crippen LogP contribution >= 0.6 is 11.6 Å². The molecule has 0 saturated heterocycles. The molecule has 0 radical (unpaired) electrons. The van der Waals surface area contributed by atoms with Crippen molar-refractivity contribution < 1.29 is 23.4 Å². The van der Waals surface area contributed by atoms with Gasteiger partial charge in [-0.25, -0.2) is 0 Å². The van der Waals surface area contributed by atoms with Gasteiger partial charge < -0.3 is 23.5 Å². The summed E-state index contributed by atoms with van der Waals surface area (Å²) in [5.74, 6) is 1.66. The van der Waals surface area contributed by atoms with Crippen molar-refractivity contribution in [3.05, 3.63) is 97.9 Å². The Morgan fingerprint density at radius 1 is 0.929 bits per heavy atom. The molecule has 0 bridgehead atoms. The van der Waals surface area contributed by atoms with Gasteiger partial charge in [-0.3, -0.25) is 9.59 Å². The van der Waals surface area contributed by atoms with Gasteiger partial charge in [-0.2, -0.15) is 0 Å². The second-order valence-electron chi connectivity index (χ2n) is 10.6. The van der Waals surface area contributed by atoms with Crippen molar-refractivity contribution in [2.45, 2.75) is 52.0 Å². The normalized spacial score (nSPS) is 14.4. The average Bonchev–Trinajstić information content (AvgIpc) is 3.28. The van der Waals surface area contributed by atoms with Crippen molar-refractivity contribution >= 4 is 28.5 Å². The second kappa shape index (κ2) is 12.9. The Hall–Kier alpha value is -3.97. The number of fused-ring (bicyclic) bond motifs is 2. The summed E-state index contributed by atoms with van der Waals surface area (Å²) in [4.78, 5) is 29.6. The van der Waals surface area contributed by atoms with Gasteiger partial charge in [-0.15, -0.1) is 0 Å². The molecule has 1 aliphatic rings. The minimum atomic E-state index is -0.668. The van der Waals surface area contributed by atoms with Gasteiger partial charge in [0, 0.05) is 11.6 Å². The van der Waals surface area contributed by atoms with Crippen LogP contribution in [-0.4, -0.2) is 38.2 Å². The summed E-state index contributed by atoms with van der Waals surface area (Å²) in [5, 5.41) is 0.812. The Kier molecular flexibility index (Phi) is 9.07. The number of carbonyl (C=O) groups excluding carboxylic acids is 1. The summed E-state index contributed by atoms with van der Waals surface area (Å²) in [6, 6.07) is 16.0. The maximum atomic E-state index is 14.0. The molecule has 7 nitrogen and oxygen atoms in total. The van der Waals surface area contributed by atoms with Crippen molar-refractivity contribution in [1.82, 2.24) is 4.90 Å². The summed E-state index contributed by atoms with van der Waals surface area (Å²) in [7, 11) is 3.21. The Morgan fingerprint density at radius 3 is 2.43 bits per heavy atom. The number of hydrogen-bond donors (Lipinski definition) is 0. The van der Waals surface area contributed by atoms with Gasteiger partial charge in [-0.05, 0) is 72.9 Å². The van der Waals surface area contributed by atoms with Crippen LogP contribution in [0.25, 0.3) is 11.0 Å². The van der Waals surface area contributed by atoms with Gasteiger partial charge in [0.05, 0.1) is 37.8 Å². The van der Waals surface area contributed by atoms with Gasteiger partial charge >= 0.3 is 0 Å². The van der Waals surface area contributed by atoms with Crippen molar-refractivity contribution in [1.29, 1.82) is 0 Å². The topological polar surface area (TPSA) is 78.2 Å². The standard InChI is InChI=1S/C34H36ClNO6/c1-5-6-7-8-17-41-27-14-11-23(19-29(27)40-4)31-30-32(37)25-20-26(35)21(2)18-28(25)42-33(30)34(38)36(31)16-15-22-9-12-24(39-3)13-10-22/h9-14,18-20,31H,5-8,15-17H2,1-4H3. The number of unbranched alkanes of at least 4 members (excludes halogenated alkanes) is 3. The molecule has 0 fully saturated rings. The molecule has 1 amide bonds. The molecule has 1 aromatic heterocycles. The van der Waals surface area contributed by atoms with Crippen LogP contribution in [0, 0.1) is 6.92 Å². The number of halogens is 1. The van der Waals surface area contributed by atoms with Gasteiger partial charge in [-0.1, -0.05) is 56.0 Å². The minimum Gasteiger partial charge on any atom is -0.497 e. The van der Waals surface area contributed by atoms with E-state index in [4.69, 9.17) is 30.2 Å². The van der Waals surface area contributed by atoms with Crippen LogP contribution < -0.4 is 19.6 Å². The molecule has 1 atom stereocenters. The molecule has 0 spiro atoms. The molecule has 0 aliphatic carbocycles. The quantitative estimate of drug-likeness (QED) is 0.159. The van der Waals surface area contributed by atoms with E-state index in [2.05, 4.69) is 6.92 Å². The van der Waals surface area contributed by atoms with E-state index in [-0.39, 0.29) is 17.1 Å². The first-order valence-electron chi connectivity index (χ1n) is 14.4. The fraction of sp³-hybridized carbons (Fsp3) is 0.353. The molecule has 0 N–H and O–H groups in total. The second-order valence-corrected chi connectivity index (χ2v) is 11.0. The number of benzene rings is 3. The average molecular weight is 590 g/mol. The van der Waals surface area contributed by atoms with E-state index in [0.29, 0.717) is 52.6 Å². The zero-order chi connectivity index (χ0) is 29.8. The van der Waals surface area contributed by atoms with Crippen molar-refractivity contribution in [3.8, 4) is 17.2 Å². The van der Waals surface area contributed by atoms with Crippen LogP contribution in [0.2, 0.25) is 5.02 Å². The maximum Gasteiger partial charge on any atom is 0.290 e. The van der Waals surface area contributed by atoms with E-state index in [9.17, 15) is 9.59 Å². The lowest BCUT2D eigenvalue weighted by Gasteiger charge is -2.26. The monoisotopic (exact) mass is 589 g/mol. The fourth-order valence-electron chi connectivity index (χ4n) is 5.44. The third kappa shape index (κ3) is 5.84. The highest BCUT2D eigenvalue weighted by Crippen LogP contribution is 2.41. The lowest BCUT2D eigenvalue weighted by atomic mass is 9.97. The SMILES string of the molecule is CCCCCCOc1ccc(C2c3c(oc4cc(C)c(Cl)cc4c3=O)C(=O)N2CCc2ccc(OC)cc2)cc1OC. The highest BCUT2D eigenvalue weighted by molar-refractivity contribution is 6.32. The number of carbonyl (C=O) groups is 1. The van der Waals surface area contributed by atoms with E-state index in [0.717, 1.165) is 41.7 Å². The molecule has 3 aromatic carbocycles. The largest absolute Gasteiger partial charge is 0.497 e. The summed E-state index contributed by atoms with van der Waals surface area (Å²) in [6.07, 6.45) is 4.97. The Labute approximate surface area is 250 Å². The predicted molar refractivity (Wildman–Crippen MR) is 164 cm³/mol. The van der Waals surface area contributed by atoms with Crippen molar-refractivity contribution in [2.75, 3.05) is 27.4 Å². The molecule has 8 heteroatoms.